The van der Waals surface area contributed by atoms with Gasteiger partial charge in [-0.2, -0.15) is 0 Å². The van der Waals surface area contributed by atoms with E-state index < -0.39 is 0 Å². The molecule has 140 valence electrons. The zero-order valence-corrected chi connectivity index (χ0v) is 15.8. The molecule has 1 aromatic carbocycles. The molecule has 2 aliphatic heterocycles. The number of benzene rings is 1. The number of fused-ring (bicyclic) bond motifs is 1. The highest BCUT2D eigenvalue weighted by Crippen LogP contribution is 2.47. The number of rotatable bonds is 3. The van der Waals surface area contributed by atoms with E-state index in [1.807, 2.05) is 4.90 Å². The fraction of sp³-hybridized carbons (Fsp3) is 0.619. The van der Waals surface area contributed by atoms with Crippen LogP contribution in [-0.4, -0.2) is 54.4 Å². The van der Waals surface area contributed by atoms with E-state index in [4.69, 9.17) is 4.99 Å². The summed E-state index contributed by atoms with van der Waals surface area (Å²) in [5, 5.41) is 3.39. The normalized spacial score (nSPS) is 21.5. The zero-order valence-electron chi connectivity index (χ0n) is 15.8. The maximum atomic E-state index is 12.7. The number of aliphatic imine (C=N–C) groups is 1. The number of carbonyl (C=O) groups is 1. The molecule has 0 atom stereocenters. The number of likely N-dealkylation sites (tertiary alicyclic amines) is 1. The van der Waals surface area contributed by atoms with Crippen LogP contribution in [-0.2, 0) is 17.8 Å². The van der Waals surface area contributed by atoms with E-state index in [9.17, 15) is 4.79 Å². The van der Waals surface area contributed by atoms with Crippen LogP contribution < -0.4 is 5.32 Å². The van der Waals surface area contributed by atoms with Crippen LogP contribution >= 0.6 is 0 Å². The van der Waals surface area contributed by atoms with E-state index in [0.717, 1.165) is 38.6 Å². The van der Waals surface area contributed by atoms with Crippen LogP contribution in [0.4, 0.5) is 0 Å². The quantitative estimate of drug-likeness (QED) is 0.670. The summed E-state index contributed by atoms with van der Waals surface area (Å²) in [6, 6.07) is 8.43. The number of carbonyl (C=O) groups excluding carboxylic acids is 1. The predicted octanol–water partition coefficient (Wildman–Crippen LogP) is 2.41. The lowest BCUT2D eigenvalue weighted by Gasteiger charge is -2.38. The van der Waals surface area contributed by atoms with Gasteiger partial charge in [0, 0.05) is 32.7 Å². The average molecular weight is 354 g/mol. The van der Waals surface area contributed by atoms with Gasteiger partial charge in [0.05, 0.1) is 0 Å². The minimum Gasteiger partial charge on any atom is -0.357 e. The standard InChI is InChI=1S/C21H30N4O/c1-2-22-20(25-13-11-21(16-25)9-5-10-21)23-14-19(26)24-12-8-17-6-3-4-7-18(17)15-24/h3-4,6-7H,2,5,8-16H2,1H3,(H,22,23). The molecule has 0 bridgehead atoms. The largest absolute Gasteiger partial charge is 0.357 e. The van der Waals surface area contributed by atoms with Gasteiger partial charge in [0.2, 0.25) is 5.91 Å². The molecule has 1 spiro atoms. The highest BCUT2D eigenvalue weighted by molar-refractivity contribution is 5.85. The molecule has 0 unspecified atom stereocenters. The summed E-state index contributed by atoms with van der Waals surface area (Å²) in [5.74, 6) is 1.05. The Morgan fingerprint density at radius 2 is 1.96 bits per heavy atom. The van der Waals surface area contributed by atoms with Gasteiger partial charge in [-0.05, 0) is 49.1 Å². The third-order valence-corrected chi connectivity index (χ3v) is 6.33. The molecule has 4 rings (SSSR count). The lowest BCUT2D eigenvalue weighted by molar-refractivity contribution is -0.130. The Bertz CT molecular complexity index is 695. The maximum absolute atomic E-state index is 12.7. The maximum Gasteiger partial charge on any atom is 0.244 e. The number of hydrogen-bond donors (Lipinski definition) is 1. The summed E-state index contributed by atoms with van der Waals surface area (Å²) >= 11 is 0. The van der Waals surface area contributed by atoms with Crippen molar-refractivity contribution in [1.29, 1.82) is 0 Å². The van der Waals surface area contributed by atoms with Gasteiger partial charge >= 0.3 is 0 Å². The molecule has 5 heteroatoms. The fourth-order valence-corrected chi connectivity index (χ4v) is 4.58. The molecule has 3 aliphatic rings. The Morgan fingerprint density at radius 1 is 1.15 bits per heavy atom. The summed E-state index contributed by atoms with van der Waals surface area (Å²) in [6.07, 6.45) is 6.30. The first-order valence-electron chi connectivity index (χ1n) is 10.1. The van der Waals surface area contributed by atoms with Crippen molar-refractivity contribution in [2.75, 3.05) is 32.7 Å². The number of guanidine groups is 1. The predicted molar refractivity (Wildman–Crippen MR) is 104 cm³/mol. The van der Waals surface area contributed by atoms with Crippen molar-refractivity contribution in [3.8, 4) is 0 Å². The van der Waals surface area contributed by atoms with Crippen LogP contribution in [0.5, 0.6) is 0 Å². The van der Waals surface area contributed by atoms with Gasteiger partial charge in [0.25, 0.3) is 0 Å². The molecule has 1 aromatic rings. The molecule has 1 N–H and O–H groups in total. The molecule has 2 fully saturated rings. The van der Waals surface area contributed by atoms with E-state index in [2.05, 4.69) is 41.4 Å². The Labute approximate surface area is 156 Å². The smallest absolute Gasteiger partial charge is 0.244 e. The molecule has 26 heavy (non-hydrogen) atoms. The van der Waals surface area contributed by atoms with Crippen molar-refractivity contribution in [2.45, 2.75) is 45.6 Å². The third kappa shape index (κ3) is 3.44. The van der Waals surface area contributed by atoms with Gasteiger partial charge in [0.1, 0.15) is 6.54 Å². The summed E-state index contributed by atoms with van der Waals surface area (Å²) in [5.41, 5.74) is 3.18. The van der Waals surface area contributed by atoms with Gasteiger partial charge in [-0.1, -0.05) is 30.7 Å². The van der Waals surface area contributed by atoms with E-state index in [1.54, 1.807) is 0 Å². The summed E-state index contributed by atoms with van der Waals surface area (Å²) in [6.45, 7) is 6.86. The number of nitrogens with zero attached hydrogens (tertiary/aromatic N) is 3. The van der Waals surface area contributed by atoms with E-state index in [-0.39, 0.29) is 12.5 Å². The van der Waals surface area contributed by atoms with Crippen LogP contribution in [0.1, 0.15) is 43.7 Å². The minimum atomic E-state index is 0.132. The van der Waals surface area contributed by atoms with Gasteiger partial charge in [-0.25, -0.2) is 4.99 Å². The second-order valence-corrected chi connectivity index (χ2v) is 8.03. The molecule has 1 aliphatic carbocycles. The van der Waals surface area contributed by atoms with Gasteiger partial charge in [-0.15, -0.1) is 0 Å². The van der Waals surface area contributed by atoms with Crippen molar-refractivity contribution in [3.63, 3.8) is 0 Å². The van der Waals surface area contributed by atoms with Crippen LogP contribution in [0.3, 0.4) is 0 Å². The van der Waals surface area contributed by atoms with Gasteiger partial charge in [0.15, 0.2) is 5.96 Å². The second kappa shape index (κ2) is 7.29. The topological polar surface area (TPSA) is 47.9 Å². The van der Waals surface area contributed by atoms with E-state index >= 15 is 0 Å². The minimum absolute atomic E-state index is 0.132. The van der Waals surface area contributed by atoms with Crippen LogP contribution in [0.2, 0.25) is 0 Å². The lowest BCUT2D eigenvalue weighted by atomic mass is 9.68. The first-order valence-corrected chi connectivity index (χ1v) is 10.1. The fourth-order valence-electron chi connectivity index (χ4n) is 4.58. The summed E-state index contributed by atoms with van der Waals surface area (Å²) < 4.78 is 0. The Balaban J connectivity index is 1.38. The molecule has 1 amide bonds. The van der Waals surface area contributed by atoms with Crippen LogP contribution in [0.15, 0.2) is 29.3 Å². The van der Waals surface area contributed by atoms with Crippen molar-refractivity contribution >= 4 is 11.9 Å². The zero-order chi connectivity index (χ0) is 18.0. The molecule has 1 saturated carbocycles. The highest BCUT2D eigenvalue weighted by atomic mass is 16.2. The molecular formula is C21H30N4O. The average Bonchev–Trinajstić information content (AvgIpc) is 3.10. The summed E-state index contributed by atoms with van der Waals surface area (Å²) in [7, 11) is 0. The van der Waals surface area contributed by atoms with Gasteiger partial charge in [-0.3, -0.25) is 4.79 Å². The summed E-state index contributed by atoms with van der Waals surface area (Å²) in [4.78, 5) is 21.7. The molecule has 5 nitrogen and oxygen atoms in total. The van der Waals surface area contributed by atoms with Crippen molar-refractivity contribution in [1.82, 2.24) is 15.1 Å². The molecular weight excluding hydrogens is 324 g/mol. The van der Waals surface area contributed by atoms with Crippen molar-refractivity contribution in [2.24, 2.45) is 10.4 Å². The lowest BCUT2D eigenvalue weighted by Crippen LogP contribution is -2.43. The molecule has 1 saturated heterocycles. The number of nitrogens with one attached hydrogen (secondary N) is 1. The van der Waals surface area contributed by atoms with Crippen molar-refractivity contribution < 1.29 is 4.79 Å². The molecule has 0 radical (unpaired) electrons. The first kappa shape index (κ1) is 17.4. The van der Waals surface area contributed by atoms with Crippen LogP contribution in [0, 0.1) is 5.41 Å². The Morgan fingerprint density at radius 3 is 2.65 bits per heavy atom. The van der Waals surface area contributed by atoms with Gasteiger partial charge < -0.3 is 15.1 Å². The number of amides is 1. The monoisotopic (exact) mass is 354 g/mol. The Kier molecular flexibility index (Phi) is 4.88. The SMILES string of the molecule is CCNC(=NCC(=O)N1CCc2ccccc2C1)N1CCC2(CCC2)C1. The van der Waals surface area contributed by atoms with Crippen molar-refractivity contribution in [3.05, 3.63) is 35.4 Å². The number of hydrogen-bond acceptors (Lipinski definition) is 2. The van der Waals surface area contributed by atoms with E-state index in [0.29, 0.717) is 12.0 Å². The highest BCUT2D eigenvalue weighted by Gasteiger charge is 2.43. The Hall–Kier alpha value is -2.04. The van der Waals surface area contributed by atoms with E-state index in [1.165, 1.54) is 36.8 Å². The molecule has 0 aromatic heterocycles. The second-order valence-electron chi connectivity index (χ2n) is 8.03. The first-order chi connectivity index (χ1) is 12.7. The third-order valence-electron chi connectivity index (χ3n) is 6.33. The molecule has 2 heterocycles. The van der Waals surface area contributed by atoms with Crippen LogP contribution in [0.25, 0.3) is 0 Å².